The van der Waals surface area contributed by atoms with Gasteiger partial charge in [0.25, 0.3) is 0 Å². The largest absolute Gasteiger partial charge is 0.481 e. The third-order valence-electron chi connectivity index (χ3n) is 15.5. The topological polar surface area (TPSA) is 66.3 Å². The van der Waals surface area contributed by atoms with E-state index in [4.69, 9.17) is 9.97 Å². The van der Waals surface area contributed by atoms with E-state index in [1.54, 1.807) is 0 Å². The van der Waals surface area contributed by atoms with E-state index in [2.05, 4.69) is 66.4 Å². The molecule has 0 amide bonds. The standard InChI is InChI=1S/C38H57N3O2/c1-23-14-17-38(33(42)43)19-18-36(7)27(30(38)24(23)2)12-13-29-35(6)22-26-31(34(4,5)28(35)15-16-37(29,36)8)39-25(3)40-32(26)41-20-10-9-11-21-41/h12,23-24,28-30H,9-11,13-22H2,1-8H3,(H,42,43)/t23-,24+,28+,29-,30+,35+,36-,37-,38+/m1/s1. The molecule has 0 aromatic carbocycles. The molecule has 236 valence electrons. The van der Waals surface area contributed by atoms with Crippen LogP contribution in [0.5, 0.6) is 0 Å². The lowest BCUT2D eigenvalue weighted by molar-refractivity contribution is -0.179. The summed E-state index contributed by atoms with van der Waals surface area (Å²) in [4.78, 5) is 26.1. The van der Waals surface area contributed by atoms with Gasteiger partial charge >= 0.3 is 5.97 Å². The highest BCUT2D eigenvalue weighted by molar-refractivity contribution is 5.76. The first-order valence-electron chi connectivity index (χ1n) is 17.8. The Kier molecular flexibility index (Phi) is 6.61. The number of nitrogens with zero attached hydrogens (tertiary/aromatic N) is 3. The Hall–Kier alpha value is -1.91. The van der Waals surface area contributed by atoms with Crippen molar-refractivity contribution in [2.24, 2.45) is 51.2 Å². The van der Waals surface area contributed by atoms with E-state index in [1.807, 2.05) is 0 Å². The van der Waals surface area contributed by atoms with E-state index in [9.17, 15) is 9.90 Å². The number of carboxylic acids is 1. The van der Waals surface area contributed by atoms with Crippen molar-refractivity contribution in [1.29, 1.82) is 0 Å². The van der Waals surface area contributed by atoms with Gasteiger partial charge in [0.2, 0.25) is 0 Å². The molecule has 1 aromatic heterocycles. The number of aryl methyl sites for hydroxylation is 1. The Balaban J connectivity index is 1.35. The Morgan fingerprint density at radius 1 is 0.930 bits per heavy atom. The lowest BCUT2D eigenvalue weighted by atomic mass is 9.33. The number of piperidine rings is 1. The van der Waals surface area contributed by atoms with E-state index < -0.39 is 11.4 Å². The molecule has 0 spiro atoms. The summed E-state index contributed by atoms with van der Waals surface area (Å²) < 4.78 is 0. The van der Waals surface area contributed by atoms with Gasteiger partial charge in [0.05, 0.1) is 11.1 Å². The summed E-state index contributed by atoms with van der Waals surface area (Å²) in [6.45, 7) is 21.9. The SMILES string of the molecule is Cc1nc(N2CCCCC2)c2c(n1)C(C)(C)[C@@H]1CC[C@]3(C)[C@H](CC=C4[C@@H]5[C@@H](C)[C@H](C)CC[C@]5(C(=O)O)CC[C@]43C)[C@@]1(C)C2. The molecule has 1 saturated heterocycles. The molecule has 2 heterocycles. The van der Waals surface area contributed by atoms with Crippen molar-refractivity contribution in [2.45, 2.75) is 131 Å². The van der Waals surface area contributed by atoms with Crippen molar-refractivity contribution in [3.63, 3.8) is 0 Å². The molecule has 43 heavy (non-hydrogen) atoms. The summed E-state index contributed by atoms with van der Waals surface area (Å²) in [5.41, 5.74) is 4.04. The molecule has 7 rings (SSSR count). The summed E-state index contributed by atoms with van der Waals surface area (Å²) in [5, 5.41) is 10.8. The maximum Gasteiger partial charge on any atom is 0.310 e. The highest BCUT2D eigenvalue weighted by atomic mass is 16.4. The van der Waals surface area contributed by atoms with Crippen LogP contribution < -0.4 is 4.90 Å². The highest BCUT2D eigenvalue weighted by Gasteiger charge is 2.69. The maximum atomic E-state index is 13.1. The van der Waals surface area contributed by atoms with Gasteiger partial charge in [-0.1, -0.05) is 60.1 Å². The van der Waals surface area contributed by atoms with Crippen LogP contribution in [0.1, 0.15) is 130 Å². The molecule has 1 N–H and O–H groups in total. The first kappa shape index (κ1) is 29.8. The van der Waals surface area contributed by atoms with E-state index >= 15 is 0 Å². The molecule has 5 nitrogen and oxygen atoms in total. The monoisotopic (exact) mass is 587 g/mol. The van der Waals surface area contributed by atoms with Gasteiger partial charge in [0.15, 0.2) is 0 Å². The first-order chi connectivity index (χ1) is 20.2. The zero-order valence-corrected chi connectivity index (χ0v) is 28.4. The second-order valence-electron chi connectivity index (χ2n) is 17.5. The van der Waals surface area contributed by atoms with Crippen molar-refractivity contribution < 1.29 is 9.90 Å². The van der Waals surface area contributed by atoms with Crippen molar-refractivity contribution in [3.05, 3.63) is 28.7 Å². The summed E-state index contributed by atoms with van der Waals surface area (Å²) in [7, 11) is 0. The van der Waals surface area contributed by atoms with Crippen LogP contribution in [0.15, 0.2) is 11.6 Å². The Morgan fingerprint density at radius 2 is 1.65 bits per heavy atom. The summed E-state index contributed by atoms with van der Waals surface area (Å²) in [6.07, 6.45) is 14.8. The molecule has 1 aliphatic heterocycles. The van der Waals surface area contributed by atoms with Gasteiger partial charge < -0.3 is 10.0 Å². The summed E-state index contributed by atoms with van der Waals surface area (Å²) in [5.74, 6) is 3.91. The van der Waals surface area contributed by atoms with E-state index in [1.165, 1.54) is 54.8 Å². The van der Waals surface area contributed by atoms with Gasteiger partial charge in [0, 0.05) is 24.1 Å². The summed E-state index contributed by atoms with van der Waals surface area (Å²) >= 11 is 0. The molecule has 1 aromatic rings. The van der Waals surface area contributed by atoms with Crippen molar-refractivity contribution in [3.8, 4) is 0 Å². The molecule has 0 unspecified atom stereocenters. The Morgan fingerprint density at radius 3 is 2.35 bits per heavy atom. The second-order valence-corrected chi connectivity index (χ2v) is 17.5. The fourth-order valence-corrected chi connectivity index (χ4v) is 12.8. The molecule has 3 saturated carbocycles. The molecular weight excluding hydrogens is 530 g/mol. The number of carbonyl (C=O) groups is 1. The minimum absolute atomic E-state index is 0.00879. The van der Waals surface area contributed by atoms with Crippen molar-refractivity contribution in [2.75, 3.05) is 18.0 Å². The molecule has 0 bridgehead atoms. The molecule has 5 aliphatic carbocycles. The zero-order chi connectivity index (χ0) is 30.7. The number of hydrogen-bond acceptors (Lipinski definition) is 4. The van der Waals surface area contributed by atoms with Gasteiger partial charge in [-0.2, -0.15) is 0 Å². The molecule has 4 fully saturated rings. The van der Waals surface area contributed by atoms with Crippen LogP contribution in [0.4, 0.5) is 5.82 Å². The number of carboxylic acid groups (broad SMARTS) is 1. The van der Waals surface area contributed by atoms with E-state index in [-0.39, 0.29) is 27.6 Å². The predicted octanol–water partition coefficient (Wildman–Crippen LogP) is 8.53. The molecular formula is C38H57N3O2. The average Bonchev–Trinajstić information content (AvgIpc) is 2.95. The second kappa shape index (κ2) is 9.55. The summed E-state index contributed by atoms with van der Waals surface area (Å²) in [6, 6.07) is 0. The van der Waals surface area contributed by atoms with Crippen LogP contribution in [0.3, 0.4) is 0 Å². The van der Waals surface area contributed by atoms with Crippen LogP contribution in [0, 0.1) is 58.2 Å². The van der Waals surface area contributed by atoms with Crippen molar-refractivity contribution >= 4 is 11.8 Å². The van der Waals surface area contributed by atoms with Crippen LogP contribution in [0.2, 0.25) is 0 Å². The zero-order valence-electron chi connectivity index (χ0n) is 28.4. The minimum Gasteiger partial charge on any atom is -0.481 e. The van der Waals surface area contributed by atoms with Gasteiger partial charge in [-0.25, -0.2) is 9.97 Å². The molecule has 6 aliphatic rings. The minimum atomic E-state index is -0.577. The first-order valence-corrected chi connectivity index (χ1v) is 17.8. The van der Waals surface area contributed by atoms with Crippen LogP contribution >= 0.6 is 0 Å². The fraction of sp³-hybridized carbons (Fsp3) is 0.816. The maximum absolute atomic E-state index is 13.1. The van der Waals surface area contributed by atoms with Crippen LogP contribution in [-0.4, -0.2) is 34.1 Å². The predicted molar refractivity (Wildman–Crippen MR) is 173 cm³/mol. The third-order valence-corrected chi connectivity index (χ3v) is 15.5. The van der Waals surface area contributed by atoms with E-state index in [0.717, 1.165) is 57.4 Å². The molecule has 0 radical (unpaired) electrons. The van der Waals surface area contributed by atoms with Crippen LogP contribution in [0.25, 0.3) is 0 Å². The molecule has 9 atom stereocenters. The van der Waals surface area contributed by atoms with E-state index in [0.29, 0.717) is 23.7 Å². The van der Waals surface area contributed by atoms with Gasteiger partial charge in [0.1, 0.15) is 11.6 Å². The van der Waals surface area contributed by atoms with Crippen LogP contribution in [-0.2, 0) is 16.6 Å². The number of hydrogen-bond donors (Lipinski definition) is 1. The normalized spacial score (nSPS) is 45.1. The van der Waals surface area contributed by atoms with Gasteiger partial charge in [-0.05, 0) is 123 Å². The fourth-order valence-electron chi connectivity index (χ4n) is 12.8. The number of allylic oxidation sites excluding steroid dienone is 2. The lowest BCUT2D eigenvalue weighted by Crippen LogP contribution is -2.65. The molecule has 5 heteroatoms. The Bertz CT molecular complexity index is 1360. The number of rotatable bonds is 2. The highest BCUT2D eigenvalue weighted by Crippen LogP contribution is 2.75. The lowest BCUT2D eigenvalue weighted by Gasteiger charge is -2.70. The number of aromatic nitrogens is 2. The average molecular weight is 588 g/mol. The Labute approximate surface area is 260 Å². The van der Waals surface area contributed by atoms with Gasteiger partial charge in [-0.15, -0.1) is 0 Å². The third kappa shape index (κ3) is 3.78. The smallest absolute Gasteiger partial charge is 0.310 e. The number of aliphatic carboxylic acids is 1. The van der Waals surface area contributed by atoms with Gasteiger partial charge in [-0.3, -0.25) is 4.79 Å². The quantitative estimate of drug-likeness (QED) is 0.351. The number of fused-ring (bicyclic) bond motifs is 8. The van der Waals surface area contributed by atoms with Crippen molar-refractivity contribution in [1.82, 2.24) is 9.97 Å². The number of anilines is 1.